The lowest BCUT2D eigenvalue weighted by atomic mass is 10.1. The quantitative estimate of drug-likeness (QED) is 0.735. The number of carbonyl (C=O) groups excluding carboxylic acids is 1. The van der Waals surface area contributed by atoms with Gasteiger partial charge in [-0.2, -0.15) is 0 Å². The average Bonchev–Trinajstić information content (AvgIpc) is 2.72. The Labute approximate surface area is 168 Å². The molecule has 0 unspecified atom stereocenters. The third kappa shape index (κ3) is 6.10. The zero-order chi connectivity index (χ0) is 19.8. The zero-order valence-corrected chi connectivity index (χ0v) is 17.1. The van der Waals surface area contributed by atoms with Crippen molar-refractivity contribution in [2.75, 3.05) is 13.1 Å². The smallest absolute Gasteiger partial charge is 0.261 e. The van der Waals surface area contributed by atoms with E-state index in [0.717, 1.165) is 23.4 Å². The monoisotopic (exact) mass is 380 g/mol. The van der Waals surface area contributed by atoms with E-state index in [1.54, 1.807) is 0 Å². The van der Waals surface area contributed by atoms with E-state index in [1.165, 1.54) is 37.9 Å². The lowest BCUT2D eigenvalue weighted by Crippen LogP contribution is -2.37. The van der Waals surface area contributed by atoms with Gasteiger partial charge < -0.3 is 10.1 Å². The number of rotatable bonds is 8. The third-order valence-electron chi connectivity index (χ3n) is 5.28. The number of hydrogen-bond acceptors (Lipinski definition) is 3. The SMILES string of the molecule is CC[C@H](Oc1cccc(C)c1)C(=O)NCc1ccc(CN2CCCCC2)cc1. The Morgan fingerprint density at radius 1 is 1.07 bits per heavy atom. The summed E-state index contributed by atoms with van der Waals surface area (Å²) in [6.45, 7) is 7.94. The van der Waals surface area contributed by atoms with Crippen LogP contribution in [0.2, 0.25) is 0 Å². The lowest BCUT2D eigenvalue weighted by molar-refractivity contribution is -0.128. The predicted octanol–water partition coefficient (Wildman–Crippen LogP) is 4.45. The number of amides is 1. The summed E-state index contributed by atoms with van der Waals surface area (Å²) in [5.41, 5.74) is 3.57. The Kier molecular flexibility index (Phi) is 7.49. The first-order valence-electron chi connectivity index (χ1n) is 10.5. The first-order chi connectivity index (χ1) is 13.6. The second kappa shape index (κ2) is 10.3. The van der Waals surface area contributed by atoms with Crippen molar-refractivity contribution in [1.29, 1.82) is 0 Å². The van der Waals surface area contributed by atoms with Gasteiger partial charge in [0.15, 0.2) is 6.10 Å². The number of likely N-dealkylation sites (tertiary alicyclic amines) is 1. The van der Waals surface area contributed by atoms with Crippen LogP contribution < -0.4 is 10.1 Å². The predicted molar refractivity (Wildman–Crippen MR) is 113 cm³/mol. The molecule has 28 heavy (non-hydrogen) atoms. The standard InChI is InChI=1S/C24H32N2O2/c1-3-23(28-22-9-7-8-19(2)16-22)24(27)25-17-20-10-12-21(13-11-20)18-26-14-5-4-6-15-26/h7-13,16,23H,3-6,14-15,17-18H2,1-2H3,(H,25,27)/t23-/m0/s1. The van der Waals surface area contributed by atoms with Gasteiger partial charge >= 0.3 is 0 Å². The number of ether oxygens (including phenoxy) is 1. The molecule has 0 spiro atoms. The van der Waals surface area contributed by atoms with Gasteiger partial charge in [-0.15, -0.1) is 0 Å². The van der Waals surface area contributed by atoms with Crippen molar-refractivity contribution in [3.63, 3.8) is 0 Å². The molecule has 1 aliphatic heterocycles. The third-order valence-corrected chi connectivity index (χ3v) is 5.28. The largest absolute Gasteiger partial charge is 0.481 e. The molecule has 1 N–H and O–H groups in total. The minimum Gasteiger partial charge on any atom is -0.481 e. The highest BCUT2D eigenvalue weighted by Crippen LogP contribution is 2.16. The van der Waals surface area contributed by atoms with Crippen molar-refractivity contribution in [2.45, 2.75) is 58.7 Å². The van der Waals surface area contributed by atoms with Crippen LogP contribution in [0, 0.1) is 6.92 Å². The maximum atomic E-state index is 12.5. The molecule has 1 fully saturated rings. The van der Waals surface area contributed by atoms with Crippen LogP contribution >= 0.6 is 0 Å². The van der Waals surface area contributed by atoms with Gasteiger partial charge in [-0.25, -0.2) is 0 Å². The van der Waals surface area contributed by atoms with Crippen LogP contribution in [-0.2, 0) is 17.9 Å². The Morgan fingerprint density at radius 2 is 1.79 bits per heavy atom. The van der Waals surface area contributed by atoms with E-state index in [2.05, 4.69) is 34.5 Å². The summed E-state index contributed by atoms with van der Waals surface area (Å²) in [6.07, 6.45) is 4.15. The van der Waals surface area contributed by atoms with Gasteiger partial charge in [0.2, 0.25) is 0 Å². The number of carbonyl (C=O) groups is 1. The molecule has 1 atom stereocenters. The van der Waals surface area contributed by atoms with Crippen LogP contribution in [0.4, 0.5) is 0 Å². The molecule has 1 amide bonds. The van der Waals surface area contributed by atoms with Crippen LogP contribution in [0.15, 0.2) is 48.5 Å². The second-order valence-corrected chi connectivity index (χ2v) is 7.70. The van der Waals surface area contributed by atoms with Gasteiger partial charge in [-0.3, -0.25) is 9.69 Å². The van der Waals surface area contributed by atoms with Crippen LogP contribution in [-0.4, -0.2) is 30.0 Å². The number of nitrogens with zero attached hydrogens (tertiary/aromatic N) is 1. The van der Waals surface area contributed by atoms with E-state index in [1.807, 2.05) is 38.1 Å². The Morgan fingerprint density at radius 3 is 2.46 bits per heavy atom. The molecule has 150 valence electrons. The molecular formula is C24H32N2O2. The number of nitrogens with one attached hydrogen (secondary N) is 1. The molecule has 0 aliphatic carbocycles. The van der Waals surface area contributed by atoms with Crippen LogP contribution in [0.1, 0.15) is 49.3 Å². The normalized spacial score (nSPS) is 15.8. The van der Waals surface area contributed by atoms with Crippen molar-refractivity contribution < 1.29 is 9.53 Å². The minimum absolute atomic E-state index is 0.0681. The maximum Gasteiger partial charge on any atom is 0.261 e. The van der Waals surface area contributed by atoms with Crippen LogP contribution in [0.3, 0.4) is 0 Å². The summed E-state index contributed by atoms with van der Waals surface area (Å²) >= 11 is 0. The van der Waals surface area contributed by atoms with Gasteiger partial charge in [0, 0.05) is 13.1 Å². The fraction of sp³-hybridized carbons (Fsp3) is 0.458. The van der Waals surface area contributed by atoms with Crippen LogP contribution in [0.5, 0.6) is 5.75 Å². The molecule has 2 aromatic rings. The van der Waals surface area contributed by atoms with Crippen molar-refractivity contribution in [2.24, 2.45) is 0 Å². The van der Waals surface area contributed by atoms with Crippen molar-refractivity contribution in [1.82, 2.24) is 10.2 Å². The van der Waals surface area contributed by atoms with Crippen molar-refractivity contribution in [3.05, 3.63) is 65.2 Å². The molecule has 4 heteroatoms. The number of aryl methyl sites for hydroxylation is 1. The summed E-state index contributed by atoms with van der Waals surface area (Å²) in [4.78, 5) is 15.0. The molecule has 1 saturated heterocycles. The Bertz CT molecular complexity index is 751. The molecule has 2 aromatic carbocycles. The van der Waals surface area contributed by atoms with E-state index in [4.69, 9.17) is 4.74 Å². The molecule has 1 heterocycles. The fourth-order valence-electron chi connectivity index (χ4n) is 3.62. The molecule has 0 bridgehead atoms. The van der Waals surface area contributed by atoms with Gasteiger partial charge in [0.25, 0.3) is 5.91 Å². The highest BCUT2D eigenvalue weighted by molar-refractivity contribution is 5.81. The van der Waals surface area contributed by atoms with Crippen molar-refractivity contribution >= 4 is 5.91 Å². The highest BCUT2D eigenvalue weighted by Gasteiger charge is 2.18. The summed E-state index contributed by atoms with van der Waals surface area (Å²) in [6, 6.07) is 16.4. The van der Waals surface area contributed by atoms with E-state index in [-0.39, 0.29) is 5.91 Å². The van der Waals surface area contributed by atoms with E-state index in [0.29, 0.717) is 13.0 Å². The Hall–Kier alpha value is -2.33. The highest BCUT2D eigenvalue weighted by atomic mass is 16.5. The molecule has 0 aromatic heterocycles. The maximum absolute atomic E-state index is 12.5. The molecule has 0 radical (unpaired) electrons. The number of hydrogen-bond donors (Lipinski definition) is 1. The fourth-order valence-corrected chi connectivity index (χ4v) is 3.62. The Balaban J connectivity index is 1.48. The summed E-state index contributed by atoms with van der Waals surface area (Å²) in [5.74, 6) is 0.672. The molecule has 1 aliphatic rings. The van der Waals surface area contributed by atoms with E-state index < -0.39 is 6.10 Å². The van der Waals surface area contributed by atoms with Gasteiger partial charge in [0.05, 0.1) is 0 Å². The lowest BCUT2D eigenvalue weighted by Gasteiger charge is -2.26. The average molecular weight is 381 g/mol. The van der Waals surface area contributed by atoms with Gasteiger partial charge in [-0.05, 0) is 68.1 Å². The van der Waals surface area contributed by atoms with Crippen molar-refractivity contribution in [3.8, 4) is 5.75 Å². The molecule has 0 saturated carbocycles. The first-order valence-corrected chi connectivity index (χ1v) is 10.5. The minimum atomic E-state index is -0.472. The number of benzene rings is 2. The number of piperidine rings is 1. The first kappa shape index (κ1) is 20.4. The topological polar surface area (TPSA) is 41.6 Å². The molecule has 3 rings (SSSR count). The van der Waals surface area contributed by atoms with E-state index in [9.17, 15) is 4.79 Å². The zero-order valence-electron chi connectivity index (χ0n) is 17.1. The summed E-state index contributed by atoms with van der Waals surface area (Å²) < 4.78 is 5.88. The second-order valence-electron chi connectivity index (χ2n) is 7.70. The molecule has 4 nitrogen and oxygen atoms in total. The van der Waals surface area contributed by atoms with Crippen LogP contribution in [0.25, 0.3) is 0 Å². The van der Waals surface area contributed by atoms with Gasteiger partial charge in [0.1, 0.15) is 5.75 Å². The molecular weight excluding hydrogens is 348 g/mol. The summed E-state index contributed by atoms with van der Waals surface area (Å²) in [7, 11) is 0. The van der Waals surface area contributed by atoms with Gasteiger partial charge in [-0.1, -0.05) is 49.7 Å². The van der Waals surface area contributed by atoms with E-state index >= 15 is 0 Å². The summed E-state index contributed by atoms with van der Waals surface area (Å²) in [5, 5.41) is 3.01.